The van der Waals surface area contributed by atoms with Gasteiger partial charge in [-0.1, -0.05) is 11.8 Å². The van der Waals surface area contributed by atoms with Crippen molar-refractivity contribution in [3.8, 4) is 22.9 Å². The number of carbonyl (C=O) groups excluding carboxylic acids is 1. The lowest BCUT2D eigenvalue weighted by Crippen LogP contribution is -2.14. The summed E-state index contributed by atoms with van der Waals surface area (Å²) in [5, 5.41) is 7.02. The average molecular weight is 323 g/mol. The Kier molecular flexibility index (Phi) is 5.26. The lowest BCUT2D eigenvalue weighted by atomic mass is 10.2. The summed E-state index contributed by atoms with van der Waals surface area (Å²) < 4.78 is 15.2. The summed E-state index contributed by atoms with van der Waals surface area (Å²) in [5.74, 6) is 1.54. The van der Waals surface area contributed by atoms with Crippen LogP contribution in [-0.4, -0.2) is 47.7 Å². The van der Waals surface area contributed by atoms with Crippen LogP contribution in [0, 0.1) is 0 Å². The molecule has 8 heteroatoms. The van der Waals surface area contributed by atoms with Crippen LogP contribution in [0.1, 0.15) is 6.92 Å². The molecule has 0 aliphatic heterocycles. The molecule has 22 heavy (non-hydrogen) atoms. The fraction of sp³-hybridized carbons (Fsp3) is 0.357. The van der Waals surface area contributed by atoms with Crippen LogP contribution >= 0.6 is 11.8 Å². The highest BCUT2D eigenvalue weighted by molar-refractivity contribution is 8.00. The fourth-order valence-electron chi connectivity index (χ4n) is 1.79. The first kappa shape index (κ1) is 16.2. The molecule has 7 nitrogen and oxygen atoms in total. The lowest BCUT2D eigenvalue weighted by molar-refractivity contribution is -0.139. The first-order chi connectivity index (χ1) is 10.6. The van der Waals surface area contributed by atoms with Gasteiger partial charge in [-0.15, -0.1) is 5.10 Å². The number of carbonyl (C=O) groups is 1. The van der Waals surface area contributed by atoms with Crippen molar-refractivity contribution in [3.05, 3.63) is 18.2 Å². The normalized spacial score (nSPS) is 11.8. The molecule has 1 aromatic carbocycles. The molecule has 0 unspecified atom stereocenters. The molecule has 0 fully saturated rings. The van der Waals surface area contributed by atoms with Crippen molar-refractivity contribution < 1.29 is 19.0 Å². The molecule has 0 amide bonds. The van der Waals surface area contributed by atoms with Gasteiger partial charge in [0.2, 0.25) is 5.16 Å². The third kappa shape index (κ3) is 3.51. The second kappa shape index (κ2) is 7.17. The third-order valence-corrected chi connectivity index (χ3v) is 3.88. The maximum absolute atomic E-state index is 11.4. The van der Waals surface area contributed by atoms with Crippen LogP contribution in [-0.2, 0) is 9.53 Å². The second-order valence-electron chi connectivity index (χ2n) is 4.32. The number of nitrogens with one attached hydrogen (secondary N) is 1. The number of hydrogen-bond acceptors (Lipinski definition) is 7. The summed E-state index contributed by atoms with van der Waals surface area (Å²) in [5.41, 5.74) is 0.758. The van der Waals surface area contributed by atoms with E-state index in [9.17, 15) is 4.79 Å². The molecule has 0 aliphatic carbocycles. The SMILES string of the molecule is COC(=O)[C@H](C)Sc1n[nH]c(-c2ccc(OC)cc2OC)n1. The van der Waals surface area contributed by atoms with Gasteiger partial charge in [-0.3, -0.25) is 9.89 Å². The zero-order valence-corrected chi connectivity index (χ0v) is 13.6. The molecular formula is C14H17N3O4S. The van der Waals surface area contributed by atoms with Crippen molar-refractivity contribution in [1.82, 2.24) is 15.2 Å². The minimum atomic E-state index is -0.383. The molecular weight excluding hydrogens is 306 g/mol. The molecule has 1 N–H and O–H groups in total. The molecule has 0 saturated heterocycles. The molecule has 1 heterocycles. The highest BCUT2D eigenvalue weighted by atomic mass is 32.2. The van der Waals surface area contributed by atoms with Crippen molar-refractivity contribution in [3.63, 3.8) is 0 Å². The van der Waals surface area contributed by atoms with Gasteiger partial charge in [0, 0.05) is 6.07 Å². The number of benzene rings is 1. The van der Waals surface area contributed by atoms with Crippen molar-refractivity contribution in [2.24, 2.45) is 0 Å². The summed E-state index contributed by atoms with van der Waals surface area (Å²) in [7, 11) is 4.51. The highest BCUT2D eigenvalue weighted by Crippen LogP contribution is 2.32. The standard InChI is InChI=1S/C14H17N3O4S/c1-8(13(18)21-4)22-14-15-12(16-17-14)10-6-5-9(19-2)7-11(10)20-3/h5-8H,1-4H3,(H,15,16,17)/t8-/m0/s1. The van der Waals surface area contributed by atoms with E-state index in [0.717, 1.165) is 5.56 Å². The first-order valence-electron chi connectivity index (χ1n) is 6.48. The topological polar surface area (TPSA) is 86.3 Å². The Morgan fingerprint density at radius 3 is 2.68 bits per heavy atom. The number of thioether (sulfide) groups is 1. The quantitative estimate of drug-likeness (QED) is 0.644. The number of esters is 1. The van der Waals surface area contributed by atoms with E-state index in [0.29, 0.717) is 22.5 Å². The van der Waals surface area contributed by atoms with Crippen LogP contribution in [0.25, 0.3) is 11.4 Å². The van der Waals surface area contributed by atoms with Crippen LogP contribution < -0.4 is 9.47 Å². The summed E-state index contributed by atoms with van der Waals surface area (Å²) >= 11 is 1.22. The van der Waals surface area contributed by atoms with Crippen LogP contribution in [0.3, 0.4) is 0 Å². The van der Waals surface area contributed by atoms with E-state index in [4.69, 9.17) is 9.47 Å². The molecule has 0 bridgehead atoms. The maximum atomic E-state index is 11.4. The number of H-pyrrole nitrogens is 1. The van der Waals surface area contributed by atoms with E-state index in [1.165, 1.54) is 18.9 Å². The van der Waals surface area contributed by atoms with E-state index >= 15 is 0 Å². The second-order valence-corrected chi connectivity index (χ2v) is 5.62. The van der Waals surface area contributed by atoms with Crippen LogP contribution in [0.2, 0.25) is 0 Å². The van der Waals surface area contributed by atoms with Gasteiger partial charge in [0.25, 0.3) is 0 Å². The number of methoxy groups -OCH3 is 3. The molecule has 0 radical (unpaired) electrons. The zero-order valence-electron chi connectivity index (χ0n) is 12.7. The molecule has 0 aliphatic rings. The molecule has 2 rings (SSSR count). The molecule has 0 saturated carbocycles. The molecule has 1 aromatic heterocycles. The third-order valence-electron chi connectivity index (χ3n) is 2.94. The van der Waals surface area contributed by atoms with Crippen molar-refractivity contribution in [1.29, 1.82) is 0 Å². The van der Waals surface area contributed by atoms with E-state index in [1.54, 1.807) is 27.2 Å². The first-order valence-corrected chi connectivity index (χ1v) is 7.36. The smallest absolute Gasteiger partial charge is 0.318 e. The Hall–Kier alpha value is -2.22. The summed E-state index contributed by atoms with van der Waals surface area (Å²) in [6.07, 6.45) is 0. The Morgan fingerprint density at radius 1 is 1.27 bits per heavy atom. The van der Waals surface area contributed by atoms with E-state index < -0.39 is 0 Å². The Labute approximate surface area is 132 Å². The Morgan fingerprint density at radius 2 is 2.05 bits per heavy atom. The Balaban J connectivity index is 2.23. The maximum Gasteiger partial charge on any atom is 0.318 e. The molecule has 1 atom stereocenters. The van der Waals surface area contributed by atoms with Crippen LogP contribution in [0.4, 0.5) is 0 Å². The van der Waals surface area contributed by atoms with Crippen LogP contribution in [0.15, 0.2) is 23.4 Å². The summed E-state index contributed by atoms with van der Waals surface area (Å²) in [6, 6.07) is 5.41. The fourth-order valence-corrected chi connectivity index (χ4v) is 2.54. The number of hydrogen-bond donors (Lipinski definition) is 1. The Bertz CT molecular complexity index is 659. The number of aromatic nitrogens is 3. The number of ether oxygens (including phenoxy) is 3. The van der Waals surface area contributed by atoms with Crippen molar-refractivity contribution in [2.75, 3.05) is 21.3 Å². The van der Waals surface area contributed by atoms with Crippen molar-refractivity contribution in [2.45, 2.75) is 17.3 Å². The number of aromatic amines is 1. The molecule has 118 valence electrons. The minimum absolute atomic E-state index is 0.321. The van der Waals surface area contributed by atoms with Gasteiger partial charge in [-0.2, -0.15) is 0 Å². The van der Waals surface area contributed by atoms with E-state index in [-0.39, 0.29) is 11.2 Å². The zero-order chi connectivity index (χ0) is 16.1. The van der Waals surface area contributed by atoms with Gasteiger partial charge >= 0.3 is 5.97 Å². The predicted octanol–water partition coefficient (Wildman–Crippen LogP) is 2.14. The van der Waals surface area contributed by atoms with E-state index in [1.807, 2.05) is 12.1 Å². The monoisotopic (exact) mass is 323 g/mol. The van der Waals surface area contributed by atoms with Gasteiger partial charge in [0.1, 0.15) is 16.7 Å². The lowest BCUT2D eigenvalue weighted by Gasteiger charge is -2.08. The van der Waals surface area contributed by atoms with Gasteiger partial charge in [-0.25, -0.2) is 4.98 Å². The average Bonchev–Trinajstić information content (AvgIpc) is 3.01. The number of nitrogens with zero attached hydrogens (tertiary/aromatic N) is 2. The van der Waals surface area contributed by atoms with Crippen molar-refractivity contribution >= 4 is 17.7 Å². The predicted molar refractivity (Wildman–Crippen MR) is 82.3 cm³/mol. The molecule has 0 spiro atoms. The van der Waals surface area contributed by atoms with Gasteiger partial charge in [0.05, 0.1) is 26.9 Å². The minimum Gasteiger partial charge on any atom is -0.497 e. The molecule has 2 aromatic rings. The van der Waals surface area contributed by atoms with E-state index in [2.05, 4.69) is 19.9 Å². The summed E-state index contributed by atoms with van der Waals surface area (Å²) in [6.45, 7) is 1.74. The highest BCUT2D eigenvalue weighted by Gasteiger charge is 2.18. The number of rotatable bonds is 6. The van der Waals surface area contributed by atoms with Gasteiger partial charge in [-0.05, 0) is 19.1 Å². The van der Waals surface area contributed by atoms with Gasteiger partial charge in [0.15, 0.2) is 5.82 Å². The van der Waals surface area contributed by atoms with Gasteiger partial charge < -0.3 is 14.2 Å². The van der Waals surface area contributed by atoms with Crippen LogP contribution in [0.5, 0.6) is 11.5 Å². The summed E-state index contributed by atoms with van der Waals surface area (Å²) in [4.78, 5) is 15.8. The largest absolute Gasteiger partial charge is 0.497 e.